The molecule has 1 aliphatic rings. The molecule has 18 heavy (non-hydrogen) atoms. The van der Waals surface area contributed by atoms with Crippen LogP contribution in [0.5, 0.6) is 0 Å². The molecule has 5 nitrogen and oxygen atoms in total. The van der Waals surface area contributed by atoms with E-state index < -0.39 is 17.7 Å². The Morgan fingerprint density at radius 2 is 1.67 bits per heavy atom. The van der Waals surface area contributed by atoms with E-state index in [-0.39, 0.29) is 5.57 Å². The van der Waals surface area contributed by atoms with Crippen molar-refractivity contribution in [2.75, 3.05) is 0 Å². The van der Waals surface area contributed by atoms with E-state index in [0.717, 1.165) is 11.3 Å². The highest BCUT2D eigenvalue weighted by atomic mass is 16.7. The second kappa shape index (κ2) is 4.01. The van der Waals surface area contributed by atoms with Crippen LogP contribution in [0.4, 0.5) is 0 Å². The van der Waals surface area contributed by atoms with Gasteiger partial charge in [0.1, 0.15) is 17.1 Å². The lowest BCUT2D eigenvalue weighted by atomic mass is 10.2. The normalized spacial score (nSPS) is 18.3. The largest absolute Gasteiger partial charge is 0.462 e. The molecule has 2 heterocycles. The van der Waals surface area contributed by atoms with Crippen LogP contribution in [0.1, 0.15) is 30.9 Å². The summed E-state index contributed by atoms with van der Waals surface area (Å²) in [7, 11) is 0. The van der Waals surface area contributed by atoms with Crippen LogP contribution in [0, 0.1) is 13.8 Å². The molecule has 1 saturated heterocycles. The van der Waals surface area contributed by atoms with Crippen LogP contribution in [0.2, 0.25) is 0 Å². The quantitative estimate of drug-likeness (QED) is 0.434. The Hall–Kier alpha value is -2.04. The van der Waals surface area contributed by atoms with Gasteiger partial charge in [0.05, 0.1) is 0 Å². The summed E-state index contributed by atoms with van der Waals surface area (Å²) in [4.78, 5) is 23.4. The fraction of sp³-hybridized carbons (Fsp3) is 0.385. The summed E-state index contributed by atoms with van der Waals surface area (Å²) in [5.74, 6) is -1.47. The molecule has 0 saturated carbocycles. The summed E-state index contributed by atoms with van der Waals surface area (Å²) in [6, 6.07) is 1.74. The van der Waals surface area contributed by atoms with Gasteiger partial charge in [0.2, 0.25) is 0 Å². The smallest absolute Gasteiger partial charge is 0.348 e. The van der Waals surface area contributed by atoms with Gasteiger partial charge in [0, 0.05) is 19.9 Å². The van der Waals surface area contributed by atoms with E-state index in [0.29, 0.717) is 5.76 Å². The monoisotopic (exact) mass is 250 g/mol. The van der Waals surface area contributed by atoms with E-state index in [1.165, 1.54) is 19.9 Å². The van der Waals surface area contributed by atoms with Crippen molar-refractivity contribution in [2.24, 2.45) is 0 Å². The molecule has 0 atom stereocenters. The lowest BCUT2D eigenvalue weighted by molar-refractivity contribution is -0.222. The Labute approximate surface area is 104 Å². The minimum absolute atomic E-state index is 0.164. The number of rotatable bonds is 1. The van der Waals surface area contributed by atoms with Crippen LogP contribution in [-0.2, 0) is 19.1 Å². The minimum Gasteiger partial charge on any atom is -0.462 e. The van der Waals surface area contributed by atoms with Crippen molar-refractivity contribution in [1.82, 2.24) is 0 Å². The van der Waals surface area contributed by atoms with Gasteiger partial charge in [-0.05, 0) is 25.5 Å². The molecule has 0 unspecified atom stereocenters. The van der Waals surface area contributed by atoms with Crippen LogP contribution in [-0.4, -0.2) is 17.7 Å². The van der Waals surface area contributed by atoms with Crippen LogP contribution >= 0.6 is 0 Å². The van der Waals surface area contributed by atoms with Gasteiger partial charge >= 0.3 is 11.9 Å². The Morgan fingerprint density at radius 3 is 2.11 bits per heavy atom. The van der Waals surface area contributed by atoms with E-state index in [1.807, 2.05) is 6.92 Å². The number of ether oxygens (including phenoxy) is 2. The number of aryl methyl sites for hydroxylation is 2. The molecule has 0 bridgehead atoms. The molecule has 96 valence electrons. The Kier molecular flexibility index (Phi) is 2.77. The number of cyclic esters (lactones) is 2. The zero-order chi connectivity index (χ0) is 13.5. The Morgan fingerprint density at radius 1 is 1.11 bits per heavy atom. The third kappa shape index (κ3) is 2.30. The summed E-state index contributed by atoms with van der Waals surface area (Å²) >= 11 is 0. The van der Waals surface area contributed by atoms with Crippen LogP contribution in [0.15, 0.2) is 16.1 Å². The highest BCUT2D eigenvalue weighted by Crippen LogP contribution is 2.25. The van der Waals surface area contributed by atoms with Crippen molar-refractivity contribution in [3.63, 3.8) is 0 Å². The topological polar surface area (TPSA) is 65.7 Å². The summed E-state index contributed by atoms with van der Waals surface area (Å²) in [5, 5.41) is 0. The first-order valence-corrected chi connectivity index (χ1v) is 5.54. The van der Waals surface area contributed by atoms with Crippen LogP contribution in [0.25, 0.3) is 6.08 Å². The SMILES string of the molecule is Cc1cc(C=C2C(=O)OC(C)(C)OC2=O)oc1C. The van der Waals surface area contributed by atoms with Crippen molar-refractivity contribution >= 4 is 18.0 Å². The van der Waals surface area contributed by atoms with Crippen LogP contribution < -0.4 is 0 Å². The average Bonchev–Trinajstić information content (AvgIpc) is 2.51. The number of carbonyl (C=O) groups is 2. The average molecular weight is 250 g/mol. The Balaban J connectivity index is 2.33. The summed E-state index contributed by atoms with van der Waals surface area (Å²) in [6.45, 7) is 6.68. The van der Waals surface area contributed by atoms with Gasteiger partial charge in [-0.25, -0.2) is 9.59 Å². The summed E-state index contributed by atoms with van der Waals surface area (Å²) < 4.78 is 15.3. The third-order valence-electron chi connectivity index (χ3n) is 2.59. The van der Waals surface area contributed by atoms with E-state index in [1.54, 1.807) is 13.0 Å². The first-order valence-electron chi connectivity index (χ1n) is 5.54. The van der Waals surface area contributed by atoms with Gasteiger partial charge in [0.15, 0.2) is 0 Å². The van der Waals surface area contributed by atoms with E-state index in [9.17, 15) is 9.59 Å². The first kappa shape index (κ1) is 12.4. The van der Waals surface area contributed by atoms with Crippen molar-refractivity contribution in [3.05, 3.63) is 28.7 Å². The first-order chi connectivity index (χ1) is 8.28. The molecule has 1 aliphatic heterocycles. The highest BCUT2D eigenvalue weighted by molar-refractivity contribution is 6.18. The molecular formula is C13H14O5. The van der Waals surface area contributed by atoms with Crippen molar-refractivity contribution < 1.29 is 23.5 Å². The molecule has 2 rings (SSSR count). The molecule has 0 aliphatic carbocycles. The van der Waals surface area contributed by atoms with E-state index >= 15 is 0 Å². The maximum atomic E-state index is 11.7. The number of hydrogen-bond acceptors (Lipinski definition) is 5. The zero-order valence-electron chi connectivity index (χ0n) is 10.7. The highest BCUT2D eigenvalue weighted by Gasteiger charge is 2.39. The predicted molar refractivity (Wildman–Crippen MR) is 62.4 cm³/mol. The third-order valence-corrected chi connectivity index (χ3v) is 2.59. The Bertz CT molecular complexity index is 506. The maximum Gasteiger partial charge on any atom is 0.348 e. The molecule has 0 N–H and O–H groups in total. The standard InChI is InChI=1S/C13H14O5/c1-7-5-9(16-8(7)2)6-10-11(14)17-13(3,4)18-12(10)15/h5-6H,1-4H3. The predicted octanol–water partition coefficient (Wildman–Crippen LogP) is 2.12. The molecule has 5 heteroatoms. The number of hydrogen-bond donors (Lipinski definition) is 0. The van der Waals surface area contributed by atoms with Gasteiger partial charge < -0.3 is 13.9 Å². The number of esters is 2. The molecule has 0 spiro atoms. The second-order valence-electron chi connectivity index (χ2n) is 4.62. The fourth-order valence-corrected chi connectivity index (χ4v) is 1.59. The van der Waals surface area contributed by atoms with Crippen molar-refractivity contribution in [2.45, 2.75) is 33.5 Å². The molecule has 0 aromatic carbocycles. The lowest BCUT2D eigenvalue weighted by Gasteiger charge is -2.29. The van der Waals surface area contributed by atoms with Crippen molar-refractivity contribution in [3.8, 4) is 0 Å². The number of furan rings is 1. The number of carbonyl (C=O) groups excluding carboxylic acids is 2. The van der Waals surface area contributed by atoms with Gasteiger partial charge in [-0.15, -0.1) is 0 Å². The fourth-order valence-electron chi connectivity index (χ4n) is 1.59. The molecule has 1 aromatic rings. The van der Waals surface area contributed by atoms with Gasteiger partial charge in [-0.2, -0.15) is 0 Å². The summed E-state index contributed by atoms with van der Waals surface area (Å²) in [6.07, 6.45) is 1.33. The van der Waals surface area contributed by atoms with Crippen LogP contribution in [0.3, 0.4) is 0 Å². The lowest BCUT2D eigenvalue weighted by Crippen LogP contribution is -2.41. The maximum absolute atomic E-state index is 11.7. The molecule has 1 aromatic heterocycles. The zero-order valence-corrected chi connectivity index (χ0v) is 10.7. The molecule has 0 amide bonds. The minimum atomic E-state index is -1.22. The molecule has 0 radical (unpaired) electrons. The molecule has 1 fully saturated rings. The van der Waals surface area contributed by atoms with Gasteiger partial charge in [-0.1, -0.05) is 0 Å². The molecular weight excluding hydrogens is 236 g/mol. The van der Waals surface area contributed by atoms with Crippen molar-refractivity contribution in [1.29, 1.82) is 0 Å². The summed E-state index contributed by atoms with van der Waals surface area (Å²) in [5.41, 5.74) is 0.780. The second-order valence-corrected chi connectivity index (χ2v) is 4.62. The van der Waals surface area contributed by atoms with E-state index in [4.69, 9.17) is 13.9 Å². The van der Waals surface area contributed by atoms with Gasteiger partial charge in [0.25, 0.3) is 5.79 Å². The van der Waals surface area contributed by atoms with Gasteiger partial charge in [-0.3, -0.25) is 0 Å². The van der Waals surface area contributed by atoms with E-state index in [2.05, 4.69) is 0 Å².